The van der Waals surface area contributed by atoms with Crippen molar-refractivity contribution in [3.8, 4) is 11.8 Å². The Morgan fingerprint density at radius 3 is 2.67 bits per heavy atom. The van der Waals surface area contributed by atoms with Crippen LogP contribution in [0.25, 0.3) is 0 Å². The third-order valence-electron chi connectivity index (χ3n) is 1.27. The molecule has 0 saturated carbocycles. The van der Waals surface area contributed by atoms with Crippen molar-refractivity contribution in [2.24, 2.45) is 0 Å². The van der Waals surface area contributed by atoms with Gasteiger partial charge in [0.1, 0.15) is 14.1 Å². The molecule has 0 fully saturated rings. The van der Waals surface area contributed by atoms with Crippen molar-refractivity contribution in [3.63, 3.8) is 0 Å². The lowest BCUT2D eigenvalue weighted by Crippen LogP contribution is -2.11. The van der Waals surface area contributed by atoms with Gasteiger partial charge in [-0.1, -0.05) is 12.0 Å². The maximum absolute atomic E-state index is 3.02. The molecular formula is C8H10N+. The Balaban J connectivity index is 2.86. The number of hydrogen-bond acceptors (Lipinski definition) is 0. The standard InChI is InChI=1S/C8H10N/c1-9(2)8-6-4-3-5-7-8/h3-4H,6H2,1-2H3/q+1. The van der Waals surface area contributed by atoms with Crippen molar-refractivity contribution in [3.05, 3.63) is 12.2 Å². The molecule has 0 bridgehead atoms. The molecule has 0 heterocycles. The predicted molar refractivity (Wildman–Crippen MR) is 38.6 cm³/mol. The molecule has 46 valence electrons. The normalized spacial score (nSPS) is 14.7. The first-order valence-electron chi connectivity index (χ1n) is 3.00. The average Bonchev–Trinajstić information content (AvgIpc) is 1.90. The molecule has 0 saturated heterocycles. The zero-order chi connectivity index (χ0) is 6.69. The number of allylic oxidation sites excluding steroid dienone is 2. The Bertz CT molecular complexity index is 219. The van der Waals surface area contributed by atoms with Crippen LogP contribution < -0.4 is 0 Å². The summed E-state index contributed by atoms with van der Waals surface area (Å²) in [6.07, 6.45) is 4.96. The molecule has 0 radical (unpaired) electrons. The Kier molecular flexibility index (Phi) is 1.69. The fourth-order valence-corrected chi connectivity index (χ4v) is 0.700. The summed E-state index contributed by atoms with van der Waals surface area (Å²) in [6, 6.07) is 0. The maximum atomic E-state index is 3.02. The van der Waals surface area contributed by atoms with Crippen molar-refractivity contribution in [1.29, 1.82) is 0 Å². The van der Waals surface area contributed by atoms with Crippen molar-refractivity contribution in [2.45, 2.75) is 6.42 Å². The van der Waals surface area contributed by atoms with E-state index in [9.17, 15) is 0 Å². The van der Waals surface area contributed by atoms with Crippen LogP contribution >= 0.6 is 0 Å². The molecule has 0 N–H and O–H groups in total. The lowest BCUT2D eigenvalue weighted by molar-refractivity contribution is -0.464. The monoisotopic (exact) mass is 120 g/mol. The quantitative estimate of drug-likeness (QED) is 0.326. The highest BCUT2D eigenvalue weighted by Crippen LogP contribution is 1.90. The van der Waals surface area contributed by atoms with Crippen molar-refractivity contribution >= 4 is 5.71 Å². The largest absolute Gasteiger partial charge is 0.231 e. The van der Waals surface area contributed by atoms with Crippen LogP contribution in [-0.2, 0) is 0 Å². The third kappa shape index (κ3) is 1.43. The minimum Gasteiger partial charge on any atom is -0.231 e. The van der Waals surface area contributed by atoms with Crippen LogP contribution in [0.3, 0.4) is 0 Å². The molecule has 0 aromatic heterocycles. The van der Waals surface area contributed by atoms with Gasteiger partial charge in [-0.2, -0.15) is 0 Å². The van der Waals surface area contributed by atoms with Gasteiger partial charge in [0, 0.05) is 5.92 Å². The van der Waals surface area contributed by atoms with Gasteiger partial charge in [-0.25, -0.2) is 4.58 Å². The van der Waals surface area contributed by atoms with Crippen LogP contribution in [0.15, 0.2) is 12.2 Å². The van der Waals surface area contributed by atoms with E-state index < -0.39 is 0 Å². The Hall–Kier alpha value is -1.03. The second kappa shape index (κ2) is 2.50. The van der Waals surface area contributed by atoms with Gasteiger partial charge >= 0.3 is 0 Å². The van der Waals surface area contributed by atoms with E-state index in [-0.39, 0.29) is 0 Å². The molecule has 0 unspecified atom stereocenters. The molecular weight excluding hydrogens is 110 g/mol. The third-order valence-corrected chi connectivity index (χ3v) is 1.27. The van der Waals surface area contributed by atoms with E-state index in [2.05, 4.69) is 22.5 Å². The van der Waals surface area contributed by atoms with E-state index >= 15 is 0 Å². The van der Waals surface area contributed by atoms with Crippen molar-refractivity contribution in [2.75, 3.05) is 14.1 Å². The molecule has 1 rings (SSSR count). The van der Waals surface area contributed by atoms with Gasteiger partial charge in [-0.05, 0) is 6.08 Å². The zero-order valence-electron chi connectivity index (χ0n) is 5.81. The van der Waals surface area contributed by atoms with Crippen LogP contribution in [0, 0.1) is 11.8 Å². The predicted octanol–water partition coefficient (Wildman–Crippen LogP) is 0.663. The second-order valence-corrected chi connectivity index (χ2v) is 2.22. The fourth-order valence-electron chi connectivity index (χ4n) is 0.700. The van der Waals surface area contributed by atoms with Crippen LogP contribution in [0.5, 0.6) is 0 Å². The molecule has 0 aliphatic heterocycles. The van der Waals surface area contributed by atoms with Crippen LogP contribution in [0.4, 0.5) is 0 Å². The maximum Gasteiger partial charge on any atom is 0.231 e. The highest BCUT2D eigenvalue weighted by molar-refractivity contribution is 5.98. The molecule has 1 heteroatoms. The molecule has 0 atom stereocenters. The highest BCUT2D eigenvalue weighted by atomic mass is 14.9. The van der Waals surface area contributed by atoms with E-state index in [1.165, 1.54) is 5.71 Å². The van der Waals surface area contributed by atoms with Gasteiger partial charge in [0.15, 0.2) is 0 Å². The lowest BCUT2D eigenvalue weighted by atomic mass is 10.2. The summed E-state index contributed by atoms with van der Waals surface area (Å²) in [5.74, 6) is 5.93. The van der Waals surface area contributed by atoms with E-state index in [0.717, 1.165) is 6.42 Å². The van der Waals surface area contributed by atoms with E-state index in [4.69, 9.17) is 0 Å². The second-order valence-electron chi connectivity index (χ2n) is 2.22. The molecule has 1 aliphatic carbocycles. The SMILES string of the molecule is C[N+](C)=C1C#CC=CC1. The molecule has 0 amide bonds. The van der Waals surface area contributed by atoms with E-state index in [1.807, 2.05) is 20.2 Å². The highest BCUT2D eigenvalue weighted by Gasteiger charge is 2.01. The summed E-state index contributed by atoms with van der Waals surface area (Å²) in [4.78, 5) is 0. The first-order valence-corrected chi connectivity index (χ1v) is 3.00. The van der Waals surface area contributed by atoms with Crippen molar-refractivity contribution < 1.29 is 4.58 Å². The first kappa shape index (κ1) is 6.10. The molecule has 0 spiro atoms. The summed E-state index contributed by atoms with van der Waals surface area (Å²) in [6.45, 7) is 0. The number of nitrogens with zero attached hydrogens (tertiary/aromatic N) is 1. The van der Waals surface area contributed by atoms with Gasteiger partial charge < -0.3 is 0 Å². The summed E-state index contributed by atoms with van der Waals surface area (Å²) in [5.41, 5.74) is 1.19. The Labute approximate surface area is 55.7 Å². The Morgan fingerprint density at radius 1 is 1.56 bits per heavy atom. The fraction of sp³-hybridized carbons (Fsp3) is 0.375. The van der Waals surface area contributed by atoms with Gasteiger partial charge in [-0.3, -0.25) is 0 Å². The Morgan fingerprint density at radius 2 is 2.33 bits per heavy atom. The summed E-state index contributed by atoms with van der Waals surface area (Å²) < 4.78 is 2.05. The summed E-state index contributed by atoms with van der Waals surface area (Å²) >= 11 is 0. The molecule has 0 aromatic carbocycles. The van der Waals surface area contributed by atoms with Gasteiger partial charge in [-0.15, -0.1) is 0 Å². The van der Waals surface area contributed by atoms with Gasteiger partial charge in [0.25, 0.3) is 0 Å². The van der Waals surface area contributed by atoms with Gasteiger partial charge in [0.2, 0.25) is 5.71 Å². The van der Waals surface area contributed by atoms with Crippen LogP contribution in [0.2, 0.25) is 0 Å². The minimum atomic E-state index is 0.986. The molecule has 1 aliphatic rings. The smallest absolute Gasteiger partial charge is 0.231 e. The lowest BCUT2D eigenvalue weighted by Gasteiger charge is -1.92. The van der Waals surface area contributed by atoms with Crippen LogP contribution in [-0.4, -0.2) is 24.4 Å². The first-order chi connectivity index (χ1) is 4.30. The minimum absolute atomic E-state index is 0.986. The molecule has 1 nitrogen and oxygen atoms in total. The summed E-state index contributed by atoms with van der Waals surface area (Å²) in [5, 5.41) is 0. The topological polar surface area (TPSA) is 3.01 Å². The zero-order valence-corrected chi connectivity index (χ0v) is 5.81. The van der Waals surface area contributed by atoms with E-state index in [1.54, 1.807) is 0 Å². The average molecular weight is 120 g/mol. The number of rotatable bonds is 0. The van der Waals surface area contributed by atoms with Gasteiger partial charge in [0.05, 0.1) is 6.42 Å². The molecule has 0 aromatic rings. The number of hydrogen-bond donors (Lipinski definition) is 0. The van der Waals surface area contributed by atoms with Crippen molar-refractivity contribution in [1.82, 2.24) is 0 Å². The molecule has 9 heavy (non-hydrogen) atoms. The van der Waals surface area contributed by atoms with Crippen LogP contribution in [0.1, 0.15) is 6.42 Å². The van der Waals surface area contributed by atoms with E-state index in [0.29, 0.717) is 0 Å². The summed E-state index contributed by atoms with van der Waals surface area (Å²) in [7, 11) is 4.03.